The summed E-state index contributed by atoms with van der Waals surface area (Å²) in [5.74, 6) is -3.80. The maximum absolute atomic E-state index is 14.0. The zero-order valence-corrected chi connectivity index (χ0v) is 10.3. The van der Waals surface area contributed by atoms with Crippen molar-refractivity contribution < 1.29 is 13.2 Å². The van der Waals surface area contributed by atoms with Gasteiger partial charge in [0, 0.05) is 12.6 Å². The van der Waals surface area contributed by atoms with Crippen molar-refractivity contribution in [2.45, 2.75) is 25.3 Å². The van der Waals surface area contributed by atoms with E-state index in [1.54, 1.807) is 0 Å². The molecule has 0 fully saturated rings. The lowest BCUT2D eigenvalue weighted by molar-refractivity contribution is -0.0672. The van der Waals surface area contributed by atoms with Gasteiger partial charge in [0.1, 0.15) is 0 Å². The van der Waals surface area contributed by atoms with E-state index >= 15 is 0 Å². The summed E-state index contributed by atoms with van der Waals surface area (Å²) in [4.78, 5) is 11.3. The fraction of sp³-hybridized carbons (Fsp3) is 0.417. The number of hydrogen-bond donors (Lipinski definition) is 1. The SMILES string of the molecule is Cn1c(=O)oc2cc(C(F)(F)C(C)(C)N)ccc21. The Kier molecular flexibility index (Phi) is 2.59. The first kappa shape index (κ1) is 12.8. The van der Waals surface area contributed by atoms with Gasteiger partial charge in [-0.1, -0.05) is 6.07 Å². The third kappa shape index (κ3) is 1.73. The minimum Gasteiger partial charge on any atom is -0.408 e. The van der Waals surface area contributed by atoms with Crippen molar-refractivity contribution in [2.75, 3.05) is 0 Å². The smallest absolute Gasteiger partial charge is 0.408 e. The van der Waals surface area contributed by atoms with Crippen LogP contribution in [0.3, 0.4) is 0 Å². The second-order valence-electron chi connectivity index (χ2n) is 4.91. The summed E-state index contributed by atoms with van der Waals surface area (Å²) < 4.78 is 34.2. The number of aryl methyl sites for hydroxylation is 1. The summed E-state index contributed by atoms with van der Waals surface area (Å²) in [6.07, 6.45) is 0. The maximum Gasteiger partial charge on any atom is 0.419 e. The van der Waals surface area contributed by atoms with Gasteiger partial charge in [0.25, 0.3) is 5.92 Å². The van der Waals surface area contributed by atoms with E-state index in [1.807, 2.05) is 0 Å². The number of oxazole rings is 1. The number of benzene rings is 1. The van der Waals surface area contributed by atoms with Crippen LogP contribution in [0.5, 0.6) is 0 Å². The van der Waals surface area contributed by atoms with E-state index in [1.165, 1.54) is 37.6 Å². The van der Waals surface area contributed by atoms with Crippen LogP contribution in [0, 0.1) is 0 Å². The van der Waals surface area contributed by atoms with Gasteiger partial charge < -0.3 is 10.2 Å². The van der Waals surface area contributed by atoms with Crippen LogP contribution in [0.1, 0.15) is 19.4 Å². The van der Waals surface area contributed by atoms with E-state index in [0.717, 1.165) is 6.07 Å². The highest BCUT2D eigenvalue weighted by atomic mass is 19.3. The van der Waals surface area contributed by atoms with Crippen molar-refractivity contribution in [1.29, 1.82) is 0 Å². The molecule has 2 N–H and O–H groups in total. The van der Waals surface area contributed by atoms with Crippen molar-refractivity contribution >= 4 is 11.1 Å². The molecular weight excluding hydrogens is 242 g/mol. The molecule has 0 saturated heterocycles. The topological polar surface area (TPSA) is 61.2 Å². The highest BCUT2D eigenvalue weighted by Gasteiger charge is 2.45. The highest BCUT2D eigenvalue weighted by Crippen LogP contribution is 2.38. The summed E-state index contributed by atoms with van der Waals surface area (Å²) in [6, 6.07) is 3.84. The number of halogens is 2. The van der Waals surface area contributed by atoms with Gasteiger partial charge in [0.15, 0.2) is 5.58 Å². The van der Waals surface area contributed by atoms with Crippen LogP contribution in [0.15, 0.2) is 27.4 Å². The van der Waals surface area contributed by atoms with Crippen LogP contribution < -0.4 is 11.5 Å². The van der Waals surface area contributed by atoms with Crippen LogP contribution in [0.4, 0.5) is 8.78 Å². The summed E-state index contributed by atoms with van der Waals surface area (Å²) in [5, 5.41) is 0. The highest BCUT2D eigenvalue weighted by molar-refractivity contribution is 5.74. The molecule has 0 spiro atoms. The predicted octanol–water partition coefficient (Wildman–Crippen LogP) is 1.96. The van der Waals surface area contributed by atoms with E-state index in [-0.39, 0.29) is 11.1 Å². The number of nitrogens with zero attached hydrogens (tertiary/aromatic N) is 1. The Bertz CT molecular complexity index is 650. The molecule has 0 radical (unpaired) electrons. The summed E-state index contributed by atoms with van der Waals surface area (Å²) in [7, 11) is 1.51. The molecule has 2 rings (SSSR count). The lowest BCUT2D eigenvalue weighted by atomic mass is 9.91. The number of fused-ring (bicyclic) bond motifs is 1. The van der Waals surface area contributed by atoms with E-state index in [2.05, 4.69) is 0 Å². The summed E-state index contributed by atoms with van der Waals surface area (Å²) in [5.41, 5.74) is 4.11. The normalized spacial score (nSPS) is 13.2. The molecule has 0 amide bonds. The Morgan fingerprint density at radius 3 is 2.50 bits per heavy atom. The molecule has 0 atom stereocenters. The van der Waals surface area contributed by atoms with E-state index in [4.69, 9.17) is 10.2 Å². The third-order valence-corrected chi connectivity index (χ3v) is 2.96. The van der Waals surface area contributed by atoms with E-state index < -0.39 is 17.2 Å². The van der Waals surface area contributed by atoms with Gasteiger partial charge in [0.05, 0.1) is 11.1 Å². The first-order valence-electron chi connectivity index (χ1n) is 5.41. The molecule has 0 aliphatic rings. The minimum atomic E-state index is -3.21. The third-order valence-electron chi connectivity index (χ3n) is 2.96. The van der Waals surface area contributed by atoms with Crippen LogP contribution in [-0.2, 0) is 13.0 Å². The molecule has 0 aliphatic heterocycles. The predicted molar refractivity (Wildman–Crippen MR) is 63.6 cm³/mol. The number of aromatic nitrogens is 1. The molecule has 4 nitrogen and oxygen atoms in total. The summed E-state index contributed by atoms with van der Waals surface area (Å²) >= 11 is 0. The van der Waals surface area contributed by atoms with Gasteiger partial charge in [0.2, 0.25) is 0 Å². The molecule has 0 aliphatic carbocycles. The molecule has 2 aromatic rings. The Balaban J connectivity index is 2.65. The second kappa shape index (κ2) is 3.65. The largest absolute Gasteiger partial charge is 0.419 e. The first-order valence-corrected chi connectivity index (χ1v) is 5.41. The molecular formula is C12H14F2N2O2. The minimum absolute atomic E-state index is 0.129. The zero-order chi connectivity index (χ0) is 13.7. The standard InChI is InChI=1S/C12H14F2N2O2/c1-11(2,15)12(13,14)7-4-5-8-9(6-7)18-10(17)16(8)3/h4-6H,15H2,1-3H3. The Hall–Kier alpha value is -1.69. The average Bonchev–Trinajstić information content (AvgIpc) is 2.53. The van der Waals surface area contributed by atoms with Crippen LogP contribution in [0.2, 0.25) is 0 Å². The number of nitrogens with two attached hydrogens (primary N) is 1. The molecule has 18 heavy (non-hydrogen) atoms. The van der Waals surface area contributed by atoms with Gasteiger partial charge in [-0.2, -0.15) is 8.78 Å². The number of rotatable bonds is 2. The molecule has 1 aromatic carbocycles. The summed E-state index contributed by atoms with van der Waals surface area (Å²) in [6.45, 7) is 2.50. The molecule has 1 heterocycles. The van der Waals surface area contributed by atoms with Gasteiger partial charge in [-0.25, -0.2) is 4.79 Å². The number of alkyl halides is 2. The fourth-order valence-corrected chi connectivity index (χ4v) is 1.70. The van der Waals surface area contributed by atoms with Crippen LogP contribution >= 0.6 is 0 Å². The van der Waals surface area contributed by atoms with Gasteiger partial charge in [-0.3, -0.25) is 4.57 Å². The van der Waals surface area contributed by atoms with Crippen molar-refractivity contribution in [3.05, 3.63) is 34.3 Å². The first-order chi connectivity index (χ1) is 8.14. The lowest BCUT2D eigenvalue weighted by Crippen LogP contribution is -2.48. The number of hydrogen-bond acceptors (Lipinski definition) is 3. The fourth-order valence-electron chi connectivity index (χ4n) is 1.70. The Morgan fingerprint density at radius 2 is 1.94 bits per heavy atom. The maximum atomic E-state index is 14.0. The van der Waals surface area contributed by atoms with Crippen molar-refractivity contribution in [3.8, 4) is 0 Å². The Labute approximate surface area is 102 Å². The second-order valence-corrected chi connectivity index (χ2v) is 4.91. The van der Waals surface area contributed by atoms with E-state index in [0.29, 0.717) is 5.52 Å². The average molecular weight is 256 g/mol. The van der Waals surface area contributed by atoms with E-state index in [9.17, 15) is 13.6 Å². The molecule has 1 aromatic heterocycles. The quantitative estimate of drug-likeness (QED) is 0.893. The molecule has 0 saturated carbocycles. The lowest BCUT2D eigenvalue weighted by Gasteiger charge is -2.30. The van der Waals surface area contributed by atoms with Gasteiger partial charge >= 0.3 is 5.76 Å². The van der Waals surface area contributed by atoms with Gasteiger partial charge in [-0.15, -0.1) is 0 Å². The molecule has 0 bridgehead atoms. The van der Waals surface area contributed by atoms with Crippen molar-refractivity contribution in [3.63, 3.8) is 0 Å². The van der Waals surface area contributed by atoms with Crippen LogP contribution in [0.25, 0.3) is 11.1 Å². The zero-order valence-electron chi connectivity index (χ0n) is 10.3. The van der Waals surface area contributed by atoms with Crippen LogP contribution in [-0.4, -0.2) is 10.1 Å². The molecule has 98 valence electrons. The Morgan fingerprint density at radius 1 is 1.33 bits per heavy atom. The monoisotopic (exact) mass is 256 g/mol. The molecule has 6 heteroatoms. The molecule has 0 unspecified atom stereocenters. The van der Waals surface area contributed by atoms with Gasteiger partial charge in [-0.05, 0) is 26.0 Å². The van der Waals surface area contributed by atoms with Crippen molar-refractivity contribution in [1.82, 2.24) is 4.57 Å². The van der Waals surface area contributed by atoms with Crippen molar-refractivity contribution in [2.24, 2.45) is 12.8 Å².